The number of hydrogen-bond acceptors (Lipinski definition) is 4. The predicted octanol–water partition coefficient (Wildman–Crippen LogP) is 3.76. The first-order chi connectivity index (χ1) is 10.9. The topological polar surface area (TPSA) is 64.6 Å². The fourth-order valence-corrected chi connectivity index (χ4v) is 4.66. The standard InChI is InChI=1S/C15H13Cl2NO4S/c1-9(10-5-6-13-14(7-10)22-8-21-13)18-23(19,20)15-11(16)3-2-4-12(15)17/h2-7,9,18H,8H2,1H3. The van der Waals surface area contributed by atoms with Crippen LogP contribution in [0.25, 0.3) is 0 Å². The van der Waals surface area contributed by atoms with Crippen LogP contribution in [0.4, 0.5) is 0 Å². The zero-order valence-corrected chi connectivity index (χ0v) is 14.4. The molecule has 0 aromatic heterocycles. The molecule has 1 N–H and O–H groups in total. The van der Waals surface area contributed by atoms with Gasteiger partial charge in [0.1, 0.15) is 4.90 Å². The maximum Gasteiger partial charge on any atom is 0.244 e. The molecule has 1 atom stereocenters. The summed E-state index contributed by atoms with van der Waals surface area (Å²) in [5.74, 6) is 1.22. The van der Waals surface area contributed by atoms with E-state index >= 15 is 0 Å². The van der Waals surface area contributed by atoms with Gasteiger partial charge in [-0.1, -0.05) is 35.3 Å². The van der Waals surface area contributed by atoms with Crippen LogP contribution >= 0.6 is 23.2 Å². The Hall–Kier alpha value is -1.47. The number of nitrogens with one attached hydrogen (secondary N) is 1. The van der Waals surface area contributed by atoms with Gasteiger partial charge in [-0.2, -0.15) is 0 Å². The van der Waals surface area contributed by atoms with Gasteiger partial charge in [-0.05, 0) is 36.8 Å². The summed E-state index contributed by atoms with van der Waals surface area (Å²) < 4.78 is 38.2. The second-order valence-corrected chi connectivity index (χ2v) is 7.47. The molecule has 5 nitrogen and oxygen atoms in total. The molecule has 122 valence electrons. The van der Waals surface area contributed by atoms with Crippen molar-refractivity contribution in [2.75, 3.05) is 6.79 Å². The molecule has 0 fully saturated rings. The molecule has 0 saturated carbocycles. The van der Waals surface area contributed by atoms with Crippen LogP contribution in [-0.4, -0.2) is 15.2 Å². The molecule has 8 heteroatoms. The summed E-state index contributed by atoms with van der Waals surface area (Å²) >= 11 is 12.0. The lowest BCUT2D eigenvalue weighted by molar-refractivity contribution is 0.174. The normalized spacial score (nSPS) is 14.7. The zero-order chi connectivity index (χ0) is 16.6. The lowest BCUT2D eigenvalue weighted by atomic mass is 10.1. The third kappa shape index (κ3) is 3.26. The van der Waals surface area contributed by atoms with E-state index in [0.717, 1.165) is 5.56 Å². The van der Waals surface area contributed by atoms with Crippen LogP contribution < -0.4 is 14.2 Å². The van der Waals surface area contributed by atoms with Crippen LogP contribution in [0.5, 0.6) is 11.5 Å². The quantitative estimate of drug-likeness (QED) is 0.885. The van der Waals surface area contributed by atoms with Gasteiger partial charge in [-0.25, -0.2) is 13.1 Å². The Morgan fingerprint density at radius 3 is 2.43 bits per heavy atom. The minimum Gasteiger partial charge on any atom is -0.454 e. The van der Waals surface area contributed by atoms with E-state index in [1.54, 1.807) is 31.2 Å². The molecule has 1 unspecified atom stereocenters. The van der Waals surface area contributed by atoms with Crippen molar-refractivity contribution in [1.29, 1.82) is 0 Å². The number of halogens is 2. The van der Waals surface area contributed by atoms with Crippen LogP contribution in [-0.2, 0) is 10.0 Å². The van der Waals surface area contributed by atoms with Gasteiger partial charge in [0.05, 0.1) is 10.0 Å². The highest BCUT2D eigenvalue weighted by molar-refractivity contribution is 7.89. The molecule has 0 spiro atoms. The second-order valence-electron chi connectivity index (χ2n) is 5.01. The molecule has 0 amide bonds. The third-order valence-electron chi connectivity index (χ3n) is 3.42. The molecule has 0 aliphatic carbocycles. The van der Waals surface area contributed by atoms with Gasteiger partial charge in [0.25, 0.3) is 0 Å². The average molecular weight is 374 g/mol. The highest BCUT2D eigenvalue weighted by Crippen LogP contribution is 2.35. The largest absolute Gasteiger partial charge is 0.454 e. The number of benzene rings is 2. The summed E-state index contributed by atoms with van der Waals surface area (Å²) in [6.45, 7) is 1.88. The average Bonchev–Trinajstić information content (AvgIpc) is 2.93. The van der Waals surface area contributed by atoms with Crippen LogP contribution in [0.2, 0.25) is 10.0 Å². The van der Waals surface area contributed by atoms with E-state index < -0.39 is 16.1 Å². The summed E-state index contributed by atoms with van der Waals surface area (Å²) in [5, 5.41) is 0.144. The van der Waals surface area contributed by atoms with E-state index in [0.29, 0.717) is 11.5 Å². The van der Waals surface area contributed by atoms with Crippen molar-refractivity contribution in [3.8, 4) is 11.5 Å². The molecule has 0 bridgehead atoms. The minimum atomic E-state index is -3.87. The molecule has 23 heavy (non-hydrogen) atoms. The molecule has 1 aliphatic rings. The first-order valence-corrected chi connectivity index (χ1v) is 8.98. The Morgan fingerprint density at radius 2 is 1.74 bits per heavy atom. The van der Waals surface area contributed by atoms with Crippen molar-refractivity contribution < 1.29 is 17.9 Å². The smallest absolute Gasteiger partial charge is 0.244 e. The van der Waals surface area contributed by atoms with Gasteiger partial charge < -0.3 is 9.47 Å². The van der Waals surface area contributed by atoms with E-state index in [1.807, 2.05) is 0 Å². The molecule has 0 saturated heterocycles. The fraction of sp³-hybridized carbons (Fsp3) is 0.200. The second kappa shape index (κ2) is 6.20. The molecule has 0 radical (unpaired) electrons. The van der Waals surface area contributed by atoms with Crippen molar-refractivity contribution in [2.45, 2.75) is 17.9 Å². The van der Waals surface area contributed by atoms with Crippen LogP contribution in [0.3, 0.4) is 0 Å². The van der Waals surface area contributed by atoms with Gasteiger partial charge in [0, 0.05) is 6.04 Å². The minimum absolute atomic E-state index is 0.0721. The van der Waals surface area contributed by atoms with Crippen LogP contribution in [0, 0.1) is 0 Å². The van der Waals surface area contributed by atoms with E-state index in [2.05, 4.69) is 4.72 Å². The summed E-state index contributed by atoms with van der Waals surface area (Å²) in [6.07, 6.45) is 0. The van der Waals surface area contributed by atoms with Crippen molar-refractivity contribution >= 4 is 33.2 Å². The van der Waals surface area contributed by atoms with Crippen molar-refractivity contribution in [2.24, 2.45) is 0 Å². The highest BCUT2D eigenvalue weighted by Gasteiger charge is 2.25. The molecule has 2 aromatic rings. The number of sulfonamides is 1. The molecule has 2 aromatic carbocycles. The lowest BCUT2D eigenvalue weighted by Crippen LogP contribution is -2.27. The van der Waals surface area contributed by atoms with E-state index in [1.165, 1.54) is 12.1 Å². The van der Waals surface area contributed by atoms with Crippen molar-refractivity contribution in [1.82, 2.24) is 4.72 Å². The Kier molecular flexibility index (Phi) is 4.42. The van der Waals surface area contributed by atoms with Gasteiger partial charge in [0.2, 0.25) is 16.8 Å². The molecule has 1 aliphatic heterocycles. The summed E-state index contributed by atoms with van der Waals surface area (Å²) in [4.78, 5) is -0.129. The zero-order valence-electron chi connectivity index (χ0n) is 12.0. The van der Waals surface area contributed by atoms with Crippen LogP contribution in [0.15, 0.2) is 41.3 Å². The Balaban J connectivity index is 1.88. The Morgan fingerprint density at radius 1 is 1.09 bits per heavy atom. The highest BCUT2D eigenvalue weighted by atomic mass is 35.5. The maximum absolute atomic E-state index is 12.6. The number of fused-ring (bicyclic) bond motifs is 1. The van der Waals surface area contributed by atoms with Crippen LogP contribution in [0.1, 0.15) is 18.5 Å². The van der Waals surface area contributed by atoms with Gasteiger partial charge in [0.15, 0.2) is 11.5 Å². The number of rotatable bonds is 4. The van der Waals surface area contributed by atoms with Crippen molar-refractivity contribution in [3.05, 3.63) is 52.0 Å². The Bertz CT molecular complexity index is 834. The predicted molar refractivity (Wildman–Crippen MR) is 87.8 cm³/mol. The Labute approximate surface area is 144 Å². The monoisotopic (exact) mass is 373 g/mol. The summed E-state index contributed by atoms with van der Waals surface area (Å²) in [5.41, 5.74) is 0.737. The molecule has 1 heterocycles. The fourth-order valence-electron chi connectivity index (χ4n) is 2.28. The first kappa shape index (κ1) is 16.4. The van der Waals surface area contributed by atoms with Gasteiger partial charge in [-0.3, -0.25) is 0 Å². The SMILES string of the molecule is CC(NS(=O)(=O)c1c(Cl)cccc1Cl)c1ccc2c(c1)OCO2. The van der Waals surface area contributed by atoms with Crippen molar-refractivity contribution in [3.63, 3.8) is 0 Å². The van der Waals surface area contributed by atoms with Gasteiger partial charge >= 0.3 is 0 Å². The first-order valence-electron chi connectivity index (χ1n) is 6.74. The molecular formula is C15H13Cl2NO4S. The number of ether oxygens (including phenoxy) is 2. The summed E-state index contributed by atoms with van der Waals surface area (Å²) in [7, 11) is -3.87. The molecular weight excluding hydrogens is 361 g/mol. The lowest BCUT2D eigenvalue weighted by Gasteiger charge is -2.16. The maximum atomic E-state index is 12.6. The number of hydrogen-bond donors (Lipinski definition) is 1. The van der Waals surface area contributed by atoms with E-state index in [4.69, 9.17) is 32.7 Å². The van der Waals surface area contributed by atoms with E-state index in [-0.39, 0.29) is 21.7 Å². The van der Waals surface area contributed by atoms with E-state index in [9.17, 15) is 8.42 Å². The third-order valence-corrected chi connectivity index (χ3v) is 5.91. The van der Waals surface area contributed by atoms with Gasteiger partial charge in [-0.15, -0.1) is 0 Å². The summed E-state index contributed by atoms with van der Waals surface area (Å²) in [6, 6.07) is 9.30. The molecule has 3 rings (SSSR count).